The first-order valence-electron chi connectivity index (χ1n) is 19.3. The average Bonchev–Trinajstić information content (AvgIpc) is 3.64. The van der Waals surface area contributed by atoms with Gasteiger partial charge in [0.25, 0.3) is 0 Å². The molecule has 0 radical (unpaired) electrons. The van der Waals surface area contributed by atoms with E-state index in [9.17, 15) is 0 Å². The summed E-state index contributed by atoms with van der Waals surface area (Å²) in [5.74, 6) is 0.939. The summed E-state index contributed by atoms with van der Waals surface area (Å²) in [6.07, 6.45) is 9.27. The molecule has 1 aliphatic rings. The van der Waals surface area contributed by atoms with Gasteiger partial charge in [0.1, 0.15) is 5.82 Å². The third kappa shape index (κ3) is 5.61. The molecule has 0 unspecified atom stereocenters. The summed E-state index contributed by atoms with van der Waals surface area (Å²) in [5, 5.41) is 5.07. The number of para-hydroxylation sites is 3. The van der Waals surface area contributed by atoms with Crippen molar-refractivity contribution in [1.29, 1.82) is 0 Å². The molecule has 0 spiro atoms. The van der Waals surface area contributed by atoms with Gasteiger partial charge in [0.15, 0.2) is 0 Å². The van der Waals surface area contributed by atoms with Gasteiger partial charge in [0, 0.05) is 11.3 Å². The van der Waals surface area contributed by atoms with E-state index in [1.165, 1.54) is 77.2 Å². The number of hydrogen-bond donors (Lipinski definition) is 0. The smallest absolute Gasteiger partial charge is 0.145 e. The molecule has 55 heavy (non-hydrogen) atoms. The second kappa shape index (κ2) is 13.6. The van der Waals surface area contributed by atoms with Crippen LogP contribution in [-0.4, -0.2) is 9.55 Å². The van der Waals surface area contributed by atoms with Crippen LogP contribution in [0.5, 0.6) is 0 Å². The Labute approximate surface area is 322 Å². The van der Waals surface area contributed by atoms with Crippen LogP contribution in [0.2, 0.25) is 0 Å². The quantitative estimate of drug-likeness (QED) is 0.158. The van der Waals surface area contributed by atoms with Crippen LogP contribution in [0.4, 0.5) is 0 Å². The number of rotatable bonds is 6. The molecule has 1 aromatic heterocycles. The highest BCUT2D eigenvalue weighted by Gasteiger charge is 2.22. The van der Waals surface area contributed by atoms with Gasteiger partial charge in [-0.3, -0.25) is 4.57 Å². The molecular formula is C53H40N2. The molecule has 10 rings (SSSR count). The van der Waals surface area contributed by atoms with Crippen molar-refractivity contribution in [3.63, 3.8) is 0 Å². The second-order valence-corrected chi connectivity index (χ2v) is 14.7. The molecule has 2 heteroatoms. The SMILES string of the molecule is C/C(=C\c1c(C)c(-c2cccc3c2C=CCC3)c2ccccc2c1-c1cccc2ccccc12)c1ccc(-c2nc3ccccc3n2-c2ccccc2)cc1. The largest absolute Gasteiger partial charge is 0.292 e. The maximum atomic E-state index is 5.12. The number of allylic oxidation sites excluding steroid dienone is 2. The monoisotopic (exact) mass is 704 g/mol. The first kappa shape index (κ1) is 32.8. The van der Waals surface area contributed by atoms with Crippen molar-refractivity contribution in [2.45, 2.75) is 26.7 Å². The molecule has 2 nitrogen and oxygen atoms in total. The summed E-state index contributed by atoms with van der Waals surface area (Å²) in [4.78, 5) is 5.12. The third-order valence-electron chi connectivity index (χ3n) is 11.4. The van der Waals surface area contributed by atoms with Crippen LogP contribution in [0.25, 0.3) is 89.6 Å². The zero-order valence-corrected chi connectivity index (χ0v) is 31.1. The van der Waals surface area contributed by atoms with Crippen molar-refractivity contribution in [2.24, 2.45) is 0 Å². The number of aryl methyl sites for hydroxylation is 1. The number of aromatic nitrogens is 2. The maximum Gasteiger partial charge on any atom is 0.145 e. The summed E-state index contributed by atoms with van der Waals surface area (Å²) in [6.45, 7) is 4.58. The summed E-state index contributed by atoms with van der Waals surface area (Å²) in [7, 11) is 0. The number of nitrogens with zero attached hydrogens (tertiary/aromatic N) is 2. The first-order chi connectivity index (χ1) is 27.1. The standard InChI is InChI=1S/C53H40N2/c1-35(37-30-32-40(33-31-37)53-54-49-28-12-13-29-50(49)55(53)41-20-4-3-5-21-41)34-48-36(2)51(44-26-14-18-38-16-6-8-22-42(38)44)46-24-10-11-25-47(46)52(48)45-27-15-19-39-17-7-9-23-43(39)45/h3-5,7-15,17-34H,6,16H2,1-2H3/b35-34+. The predicted molar refractivity (Wildman–Crippen MR) is 234 cm³/mol. The van der Waals surface area contributed by atoms with E-state index >= 15 is 0 Å². The minimum Gasteiger partial charge on any atom is -0.292 e. The molecule has 0 amide bonds. The lowest BCUT2D eigenvalue weighted by atomic mass is 9.80. The normalized spacial score (nSPS) is 12.8. The lowest BCUT2D eigenvalue weighted by Gasteiger charge is -2.23. The minimum absolute atomic E-state index is 0.939. The van der Waals surface area contributed by atoms with E-state index in [1.807, 2.05) is 0 Å². The van der Waals surface area contributed by atoms with Crippen LogP contribution >= 0.6 is 0 Å². The maximum absolute atomic E-state index is 5.12. The van der Waals surface area contributed by atoms with E-state index in [0.29, 0.717) is 0 Å². The van der Waals surface area contributed by atoms with Crippen LogP contribution in [0.3, 0.4) is 0 Å². The van der Waals surface area contributed by atoms with Gasteiger partial charge in [0.05, 0.1) is 11.0 Å². The van der Waals surface area contributed by atoms with E-state index in [1.54, 1.807) is 0 Å². The zero-order valence-electron chi connectivity index (χ0n) is 31.1. The average molecular weight is 705 g/mol. The molecule has 9 aromatic rings. The fourth-order valence-electron chi connectivity index (χ4n) is 8.78. The van der Waals surface area contributed by atoms with Crippen LogP contribution in [0.15, 0.2) is 170 Å². The highest BCUT2D eigenvalue weighted by molar-refractivity contribution is 6.15. The Bertz CT molecular complexity index is 2970. The summed E-state index contributed by atoms with van der Waals surface area (Å²) >= 11 is 0. The van der Waals surface area contributed by atoms with Gasteiger partial charge in [-0.15, -0.1) is 0 Å². The molecule has 0 fully saturated rings. The number of fused-ring (bicyclic) bond motifs is 4. The van der Waals surface area contributed by atoms with Gasteiger partial charge in [-0.2, -0.15) is 0 Å². The summed E-state index contributed by atoms with van der Waals surface area (Å²) in [6, 6.07) is 59.3. The number of hydrogen-bond acceptors (Lipinski definition) is 1. The molecule has 0 bridgehead atoms. The Morgan fingerprint density at radius 3 is 2.13 bits per heavy atom. The van der Waals surface area contributed by atoms with Crippen molar-refractivity contribution in [2.75, 3.05) is 0 Å². The van der Waals surface area contributed by atoms with Crippen molar-refractivity contribution in [1.82, 2.24) is 9.55 Å². The predicted octanol–water partition coefficient (Wildman–Crippen LogP) is 14.2. The van der Waals surface area contributed by atoms with Crippen LogP contribution in [0.1, 0.15) is 41.2 Å². The third-order valence-corrected chi connectivity index (χ3v) is 11.4. The van der Waals surface area contributed by atoms with Gasteiger partial charge in [-0.05, 0) is 128 Å². The molecule has 0 saturated carbocycles. The summed E-state index contributed by atoms with van der Waals surface area (Å²) in [5.41, 5.74) is 17.2. The van der Waals surface area contributed by atoms with E-state index in [0.717, 1.165) is 41.0 Å². The van der Waals surface area contributed by atoms with E-state index in [-0.39, 0.29) is 0 Å². The Hall–Kier alpha value is -6.77. The fraction of sp³-hybridized carbons (Fsp3) is 0.0755. The molecule has 8 aromatic carbocycles. The molecule has 1 heterocycles. The fourth-order valence-corrected chi connectivity index (χ4v) is 8.78. The van der Waals surface area contributed by atoms with Crippen LogP contribution in [-0.2, 0) is 6.42 Å². The minimum atomic E-state index is 0.939. The molecule has 0 aliphatic heterocycles. The number of imidazole rings is 1. The topological polar surface area (TPSA) is 17.8 Å². The molecule has 262 valence electrons. The molecule has 1 aliphatic carbocycles. The lowest BCUT2D eigenvalue weighted by Crippen LogP contribution is -2.01. The summed E-state index contributed by atoms with van der Waals surface area (Å²) < 4.78 is 2.26. The van der Waals surface area contributed by atoms with Crippen molar-refractivity contribution in [3.8, 4) is 39.3 Å². The Balaban J connectivity index is 1.18. The lowest BCUT2D eigenvalue weighted by molar-refractivity contribution is 0.986. The van der Waals surface area contributed by atoms with Gasteiger partial charge < -0.3 is 0 Å². The second-order valence-electron chi connectivity index (χ2n) is 14.7. The van der Waals surface area contributed by atoms with Gasteiger partial charge in [-0.25, -0.2) is 4.98 Å². The molecule has 0 N–H and O–H groups in total. The first-order valence-corrected chi connectivity index (χ1v) is 19.3. The van der Waals surface area contributed by atoms with E-state index in [4.69, 9.17) is 4.98 Å². The van der Waals surface area contributed by atoms with Gasteiger partial charge in [0.2, 0.25) is 0 Å². The molecule has 0 atom stereocenters. The molecular weight excluding hydrogens is 665 g/mol. The molecule has 0 saturated heterocycles. The van der Waals surface area contributed by atoms with Gasteiger partial charge in [-0.1, -0.05) is 158 Å². The van der Waals surface area contributed by atoms with Crippen molar-refractivity contribution in [3.05, 3.63) is 198 Å². The Morgan fingerprint density at radius 2 is 1.29 bits per heavy atom. The Kier molecular flexibility index (Phi) is 8.11. The highest BCUT2D eigenvalue weighted by atomic mass is 15.1. The van der Waals surface area contributed by atoms with Crippen LogP contribution in [0, 0.1) is 6.92 Å². The highest BCUT2D eigenvalue weighted by Crippen LogP contribution is 2.46. The van der Waals surface area contributed by atoms with E-state index < -0.39 is 0 Å². The number of benzene rings is 8. The van der Waals surface area contributed by atoms with Crippen molar-refractivity contribution < 1.29 is 0 Å². The zero-order chi connectivity index (χ0) is 36.9. The van der Waals surface area contributed by atoms with Gasteiger partial charge >= 0.3 is 0 Å². The van der Waals surface area contributed by atoms with E-state index in [2.05, 4.69) is 200 Å². The van der Waals surface area contributed by atoms with Crippen molar-refractivity contribution >= 4 is 50.3 Å². The Morgan fingerprint density at radius 1 is 0.618 bits per heavy atom. The van der Waals surface area contributed by atoms with Crippen LogP contribution < -0.4 is 0 Å².